The van der Waals surface area contributed by atoms with Crippen LogP contribution in [0, 0.1) is 5.92 Å². The summed E-state index contributed by atoms with van der Waals surface area (Å²) in [6.45, 7) is 7.05. The molecule has 0 aromatic heterocycles. The van der Waals surface area contributed by atoms with Gasteiger partial charge in [-0.1, -0.05) is 0 Å². The number of carbonyl (C=O) groups is 1. The lowest BCUT2D eigenvalue weighted by Crippen LogP contribution is -2.57. The first-order chi connectivity index (χ1) is 8.52. The Hall–Kier alpha value is -0.650. The molecular weight excluding hydrogens is 232 g/mol. The molecule has 0 bridgehead atoms. The maximum Gasteiger partial charge on any atom is 0.228 e. The number of rotatable bonds is 2. The van der Waals surface area contributed by atoms with Gasteiger partial charge in [0.05, 0.1) is 24.2 Å². The Kier molecular flexibility index (Phi) is 4.25. The van der Waals surface area contributed by atoms with Crippen LogP contribution in [0.15, 0.2) is 0 Å². The lowest BCUT2D eigenvalue weighted by molar-refractivity contribution is -0.165. The van der Waals surface area contributed by atoms with Crippen LogP contribution in [0.3, 0.4) is 0 Å². The molecule has 2 N–H and O–H groups in total. The van der Waals surface area contributed by atoms with Crippen LogP contribution in [0.25, 0.3) is 0 Å². The summed E-state index contributed by atoms with van der Waals surface area (Å²) in [5.41, 5.74) is 5.37. The Morgan fingerprint density at radius 1 is 1.50 bits per heavy atom. The second kappa shape index (κ2) is 5.55. The first-order valence-electron chi connectivity index (χ1n) is 6.76. The Morgan fingerprint density at radius 3 is 2.89 bits per heavy atom. The fraction of sp³-hybridized carbons (Fsp3) is 0.923. The van der Waals surface area contributed by atoms with Crippen LogP contribution >= 0.6 is 0 Å². The number of morpholine rings is 1. The van der Waals surface area contributed by atoms with Crippen molar-refractivity contribution in [3.05, 3.63) is 0 Å². The molecular formula is C13H24N2O3. The number of carbonyl (C=O) groups excluding carboxylic acids is 1. The lowest BCUT2D eigenvalue weighted by atomic mass is 9.98. The van der Waals surface area contributed by atoms with Gasteiger partial charge < -0.3 is 20.1 Å². The van der Waals surface area contributed by atoms with Crippen molar-refractivity contribution >= 4 is 5.91 Å². The van der Waals surface area contributed by atoms with Crippen LogP contribution in [0.4, 0.5) is 0 Å². The Morgan fingerprint density at radius 2 is 2.28 bits per heavy atom. The van der Waals surface area contributed by atoms with Crippen molar-refractivity contribution in [3.63, 3.8) is 0 Å². The van der Waals surface area contributed by atoms with E-state index in [0.717, 1.165) is 19.4 Å². The molecule has 2 saturated heterocycles. The van der Waals surface area contributed by atoms with E-state index >= 15 is 0 Å². The summed E-state index contributed by atoms with van der Waals surface area (Å²) in [4.78, 5) is 14.4. The van der Waals surface area contributed by atoms with E-state index in [1.807, 2.05) is 18.7 Å². The molecule has 18 heavy (non-hydrogen) atoms. The number of nitrogens with two attached hydrogens (primary N) is 1. The molecule has 5 nitrogen and oxygen atoms in total. The summed E-state index contributed by atoms with van der Waals surface area (Å²) in [6, 6.07) is 0. The Labute approximate surface area is 109 Å². The van der Waals surface area contributed by atoms with Gasteiger partial charge in [-0.15, -0.1) is 0 Å². The second-order valence-corrected chi connectivity index (χ2v) is 5.87. The highest BCUT2D eigenvalue weighted by atomic mass is 16.5. The number of hydrogen-bond donors (Lipinski definition) is 1. The summed E-state index contributed by atoms with van der Waals surface area (Å²) in [5, 5.41) is 0. The molecule has 0 aliphatic carbocycles. The second-order valence-electron chi connectivity index (χ2n) is 5.87. The van der Waals surface area contributed by atoms with Crippen molar-refractivity contribution in [2.24, 2.45) is 11.7 Å². The van der Waals surface area contributed by atoms with Gasteiger partial charge in [0, 0.05) is 26.2 Å². The summed E-state index contributed by atoms with van der Waals surface area (Å²) in [7, 11) is 0. The third kappa shape index (κ3) is 3.22. The van der Waals surface area contributed by atoms with E-state index in [4.69, 9.17) is 15.2 Å². The number of amides is 1. The molecule has 0 saturated carbocycles. The average Bonchev–Trinajstić information content (AvgIpc) is 2.37. The summed E-state index contributed by atoms with van der Waals surface area (Å²) in [5.74, 6) is 0.218. The molecule has 2 aliphatic heterocycles. The molecule has 2 aliphatic rings. The smallest absolute Gasteiger partial charge is 0.228 e. The SMILES string of the molecule is CC1(C)CN(C(=O)C2CCCOC2)CC(CN)O1. The molecule has 1 amide bonds. The van der Waals surface area contributed by atoms with Crippen molar-refractivity contribution < 1.29 is 14.3 Å². The van der Waals surface area contributed by atoms with Gasteiger partial charge in [0.1, 0.15) is 0 Å². The maximum absolute atomic E-state index is 12.5. The quantitative estimate of drug-likeness (QED) is 0.775. The van der Waals surface area contributed by atoms with Crippen LogP contribution in [-0.2, 0) is 14.3 Å². The molecule has 0 radical (unpaired) electrons. The van der Waals surface area contributed by atoms with Crippen LogP contribution < -0.4 is 5.73 Å². The van der Waals surface area contributed by atoms with Crippen LogP contribution in [0.1, 0.15) is 26.7 Å². The van der Waals surface area contributed by atoms with E-state index in [0.29, 0.717) is 26.2 Å². The van der Waals surface area contributed by atoms with Crippen LogP contribution in [0.2, 0.25) is 0 Å². The van der Waals surface area contributed by atoms with Crippen molar-refractivity contribution in [3.8, 4) is 0 Å². The van der Waals surface area contributed by atoms with Crippen molar-refractivity contribution in [2.75, 3.05) is 32.8 Å². The minimum absolute atomic E-state index is 0.0195. The third-order valence-electron chi connectivity index (χ3n) is 3.57. The molecule has 104 valence electrons. The fourth-order valence-electron chi connectivity index (χ4n) is 2.78. The summed E-state index contributed by atoms with van der Waals surface area (Å²) >= 11 is 0. The minimum Gasteiger partial charge on any atom is -0.381 e. The summed E-state index contributed by atoms with van der Waals surface area (Å²) in [6.07, 6.45) is 1.86. The minimum atomic E-state index is -0.312. The Bertz CT molecular complexity index is 301. The highest BCUT2D eigenvalue weighted by Gasteiger charge is 2.37. The zero-order valence-electron chi connectivity index (χ0n) is 11.4. The first-order valence-corrected chi connectivity index (χ1v) is 6.76. The van der Waals surface area contributed by atoms with Crippen molar-refractivity contribution in [2.45, 2.75) is 38.4 Å². The van der Waals surface area contributed by atoms with E-state index in [2.05, 4.69) is 0 Å². The van der Waals surface area contributed by atoms with E-state index in [9.17, 15) is 4.79 Å². The predicted octanol–water partition coefficient (Wildman–Crippen LogP) is 0.378. The number of ether oxygens (including phenoxy) is 2. The molecule has 2 unspecified atom stereocenters. The molecule has 0 aromatic rings. The van der Waals surface area contributed by atoms with Gasteiger partial charge in [0.2, 0.25) is 5.91 Å². The van der Waals surface area contributed by atoms with E-state index < -0.39 is 0 Å². The lowest BCUT2D eigenvalue weighted by Gasteiger charge is -2.43. The van der Waals surface area contributed by atoms with Crippen molar-refractivity contribution in [1.82, 2.24) is 4.90 Å². The fourth-order valence-corrected chi connectivity index (χ4v) is 2.78. The summed E-state index contributed by atoms with van der Waals surface area (Å²) < 4.78 is 11.2. The zero-order chi connectivity index (χ0) is 13.2. The van der Waals surface area contributed by atoms with E-state index in [-0.39, 0.29) is 23.5 Å². The molecule has 2 fully saturated rings. The molecule has 0 spiro atoms. The molecule has 2 heterocycles. The Balaban J connectivity index is 1.99. The van der Waals surface area contributed by atoms with Crippen molar-refractivity contribution in [1.29, 1.82) is 0 Å². The number of hydrogen-bond acceptors (Lipinski definition) is 4. The standard InChI is InChI=1S/C13H24N2O3/c1-13(2)9-15(7-11(6-14)18-13)12(16)10-4-3-5-17-8-10/h10-11H,3-9,14H2,1-2H3. The topological polar surface area (TPSA) is 64.8 Å². The highest BCUT2D eigenvalue weighted by Crippen LogP contribution is 2.24. The predicted molar refractivity (Wildman–Crippen MR) is 68.1 cm³/mol. The first kappa shape index (κ1) is 13.8. The zero-order valence-corrected chi connectivity index (χ0v) is 11.4. The third-order valence-corrected chi connectivity index (χ3v) is 3.57. The van der Waals surface area contributed by atoms with Gasteiger partial charge >= 0.3 is 0 Å². The maximum atomic E-state index is 12.5. The van der Waals surface area contributed by atoms with Crippen LogP contribution in [0.5, 0.6) is 0 Å². The average molecular weight is 256 g/mol. The van der Waals surface area contributed by atoms with Gasteiger partial charge in [-0.2, -0.15) is 0 Å². The molecule has 2 atom stereocenters. The van der Waals surface area contributed by atoms with Gasteiger partial charge in [0.25, 0.3) is 0 Å². The molecule has 5 heteroatoms. The normalized spacial score (nSPS) is 32.3. The van der Waals surface area contributed by atoms with E-state index in [1.54, 1.807) is 0 Å². The largest absolute Gasteiger partial charge is 0.381 e. The van der Waals surface area contributed by atoms with Crippen LogP contribution in [-0.4, -0.2) is 55.4 Å². The highest BCUT2D eigenvalue weighted by molar-refractivity contribution is 5.79. The van der Waals surface area contributed by atoms with Gasteiger partial charge in [-0.05, 0) is 26.7 Å². The molecule has 0 aromatic carbocycles. The van der Waals surface area contributed by atoms with E-state index in [1.165, 1.54) is 0 Å². The van der Waals surface area contributed by atoms with Gasteiger partial charge in [-0.3, -0.25) is 4.79 Å². The number of nitrogens with zero attached hydrogens (tertiary/aromatic N) is 1. The molecule has 2 rings (SSSR count). The van der Waals surface area contributed by atoms with Gasteiger partial charge in [-0.25, -0.2) is 0 Å². The van der Waals surface area contributed by atoms with Gasteiger partial charge in [0.15, 0.2) is 0 Å². The monoisotopic (exact) mass is 256 g/mol.